The molecule has 0 radical (unpaired) electrons. The summed E-state index contributed by atoms with van der Waals surface area (Å²) in [6.45, 7) is 0.340. The summed E-state index contributed by atoms with van der Waals surface area (Å²) in [5.74, 6) is 0.752. The van der Waals surface area contributed by atoms with Gasteiger partial charge in [0.05, 0.1) is 14.2 Å². The van der Waals surface area contributed by atoms with E-state index < -0.39 is 0 Å². The highest BCUT2D eigenvalue weighted by atomic mass is 16.5. The van der Waals surface area contributed by atoms with E-state index in [1.165, 1.54) is 12.3 Å². The van der Waals surface area contributed by atoms with Crippen molar-refractivity contribution in [2.45, 2.75) is 6.54 Å². The van der Waals surface area contributed by atoms with Crippen LogP contribution in [0, 0.1) is 0 Å². The smallest absolute Gasteiger partial charge is 0.270 e. The molecule has 2 N–H and O–H groups in total. The van der Waals surface area contributed by atoms with E-state index in [0.717, 1.165) is 11.3 Å². The molecular weight excluding hydrogens is 370 g/mol. The van der Waals surface area contributed by atoms with E-state index in [4.69, 9.17) is 9.47 Å². The first kappa shape index (κ1) is 19.9. The highest BCUT2D eigenvalue weighted by molar-refractivity contribution is 6.05. The van der Waals surface area contributed by atoms with Crippen molar-refractivity contribution in [2.75, 3.05) is 19.5 Å². The van der Waals surface area contributed by atoms with E-state index in [1.54, 1.807) is 44.6 Å². The summed E-state index contributed by atoms with van der Waals surface area (Å²) in [7, 11) is 3.17. The van der Waals surface area contributed by atoms with Gasteiger partial charge in [-0.1, -0.05) is 12.1 Å². The van der Waals surface area contributed by atoms with Crippen LogP contribution in [0.4, 0.5) is 5.69 Å². The molecule has 1 aromatic heterocycles. The van der Waals surface area contributed by atoms with Crippen molar-refractivity contribution in [1.82, 2.24) is 10.3 Å². The van der Waals surface area contributed by atoms with Crippen LogP contribution < -0.4 is 20.1 Å². The number of amides is 2. The first-order valence-corrected chi connectivity index (χ1v) is 8.91. The molecule has 3 aromatic rings. The van der Waals surface area contributed by atoms with Crippen molar-refractivity contribution in [3.8, 4) is 11.5 Å². The first-order chi connectivity index (χ1) is 14.1. The third-order valence-corrected chi connectivity index (χ3v) is 4.21. The van der Waals surface area contributed by atoms with Crippen molar-refractivity contribution in [1.29, 1.82) is 0 Å². The molecule has 2 aromatic carbocycles. The second kappa shape index (κ2) is 9.36. The zero-order valence-electron chi connectivity index (χ0n) is 16.1. The minimum Gasteiger partial charge on any atom is -0.497 e. The van der Waals surface area contributed by atoms with Gasteiger partial charge in [-0.2, -0.15) is 0 Å². The van der Waals surface area contributed by atoms with Gasteiger partial charge in [-0.05, 0) is 54.1 Å². The summed E-state index contributed by atoms with van der Waals surface area (Å²) >= 11 is 0. The lowest BCUT2D eigenvalue weighted by Crippen LogP contribution is -2.24. The van der Waals surface area contributed by atoms with Crippen molar-refractivity contribution in [3.63, 3.8) is 0 Å². The molecular formula is C22H21N3O4. The van der Waals surface area contributed by atoms with E-state index in [2.05, 4.69) is 15.6 Å². The van der Waals surface area contributed by atoms with E-state index in [0.29, 0.717) is 23.5 Å². The minimum absolute atomic E-state index is 0.167. The third-order valence-electron chi connectivity index (χ3n) is 4.21. The second-order valence-corrected chi connectivity index (χ2v) is 6.14. The van der Waals surface area contributed by atoms with Crippen LogP contribution in [0.2, 0.25) is 0 Å². The molecule has 1 heterocycles. The topological polar surface area (TPSA) is 89.5 Å². The van der Waals surface area contributed by atoms with Crippen molar-refractivity contribution < 1.29 is 19.1 Å². The summed E-state index contributed by atoms with van der Waals surface area (Å²) in [4.78, 5) is 28.9. The Morgan fingerprint density at radius 1 is 0.862 bits per heavy atom. The highest BCUT2D eigenvalue weighted by Crippen LogP contribution is 2.16. The van der Waals surface area contributed by atoms with Crippen LogP contribution in [-0.2, 0) is 6.54 Å². The van der Waals surface area contributed by atoms with E-state index in [-0.39, 0.29) is 17.5 Å². The van der Waals surface area contributed by atoms with Crippen LogP contribution in [0.3, 0.4) is 0 Å². The molecule has 7 nitrogen and oxygen atoms in total. The van der Waals surface area contributed by atoms with Crippen LogP contribution in [0.1, 0.15) is 26.4 Å². The number of pyridine rings is 1. The Morgan fingerprint density at radius 3 is 2.10 bits per heavy atom. The van der Waals surface area contributed by atoms with Gasteiger partial charge in [-0.15, -0.1) is 0 Å². The van der Waals surface area contributed by atoms with Gasteiger partial charge in [0.25, 0.3) is 11.8 Å². The van der Waals surface area contributed by atoms with E-state index in [9.17, 15) is 9.59 Å². The standard InChI is InChI=1S/C22H21N3O4/c1-28-18-7-3-15(4-8-18)14-24-22(27)20-13-16(11-12-23-20)21(26)25-17-5-9-19(29-2)10-6-17/h3-13H,14H2,1-2H3,(H,24,27)(H,25,26). The Balaban J connectivity index is 1.62. The van der Waals surface area contributed by atoms with Crippen molar-refractivity contribution in [2.24, 2.45) is 0 Å². The lowest BCUT2D eigenvalue weighted by Gasteiger charge is -2.08. The maximum absolute atomic E-state index is 12.5. The SMILES string of the molecule is COc1ccc(CNC(=O)c2cc(C(=O)Nc3ccc(OC)cc3)ccn2)cc1. The fraction of sp³-hybridized carbons (Fsp3) is 0.136. The monoisotopic (exact) mass is 391 g/mol. The molecule has 0 aliphatic carbocycles. The summed E-state index contributed by atoms with van der Waals surface area (Å²) in [6, 6.07) is 17.4. The molecule has 3 rings (SSSR count). The lowest BCUT2D eigenvalue weighted by molar-refractivity contribution is 0.0946. The third kappa shape index (κ3) is 5.32. The van der Waals surface area contributed by atoms with Gasteiger partial charge in [0.1, 0.15) is 17.2 Å². The Kier molecular flexibility index (Phi) is 6.42. The van der Waals surface area contributed by atoms with Gasteiger partial charge in [0.15, 0.2) is 0 Å². The molecule has 0 atom stereocenters. The predicted octanol–water partition coefficient (Wildman–Crippen LogP) is 3.28. The van der Waals surface area contributed by atoms with Crippen molar-refractivity contribution in [3.05, 3.63) is 83.7 Å². The summed E-state index contributed by atoms with van der Waals surface area (Å²) in [5.41, 5.74) is 2.05. The Labute approximate surface area is 168 Å². The van der Waals surface area contributed by atoms with Gasteiger partial charge < -0.3 is 20.1 Å². The fourth-order valence-electron chi connectivity index (χ4n) is 2.59. The van der Waals surface area contributed by atoms with Gasteiger partial charge >= 0.3 is 0 Å². The second-order valence-electron chi connectivity index (χ2n) is 6.14. The Bertz CT molecular complexity index is 986. The number of nitrogens with zero attached hydrogens (tertiary/aromatic N) is 1. The number of carbonyl (C=O) groups excluding carboxylic acids is 2. The molecule has 0 unspecified atom stereocenters. The Hall–Kier alpha value is -3.87. The molecule has 0 saturated carbocycles. The number of benzene rings is 2. The van der Waals surface area contributed by atoms with Crippen LogP contribution >= 0.6 is 0 Å². The van der Waals surface area contributed by atoms with Crippen LogP contribution in [0.25, 0.3) is 0 Å². The highest BCUT2D eigenvalue weighted by Gasteiger charge is 2.12. The van der Waals surface area contributed by atoms with Crippen LogP contribution in [0.15, 0.2) is 66.9 Å². The molecule has 0 aliphatic rings. The summed E-state index contributed by atoms with van der Waals surface area (Å²) in [6.07, 6.45) is 1.44. The van der Waals surface area contributed by atoms with Gasteiger partial charge in [0, 0.05) is 24.0 Å². The van der Waals surface area contributed by atoms with E-state index >= 15 is 0 Å². The molecule has 148 valence electrons. The molecule has 0 aliphatic heterocycles. The maximum atomic E-state index is 12.5. The van der Waals surface area contributed by atoms with Crippen LogP contribution in [-0.4, -0.2) is 31.0 Å². The summed E-state index contributed by atoms with van der Waals surface area (Å²) in [5, 5.41) is 5.57. The largest absolute Gasteiger partial charge is 0.497 e. The predicted molar refractivity (Wildman–Crippen MR) is 109 cm³/mol. The van der Waals surface area contributed by atoms with Gasteiger partial charge in [0.2, 0.25) is 0 Å². The number of carbonyl (C=O) groups is 2. The quantitative estimate of drug-likeness (QED) is 0.645. The number of rotatable bonds is 7. The van der Waals surface area contributed by atoms with E-state index in [1.807, 2.05) is 24.3 Å². The zero-order chi connectivity index (χ0) is 20.6. The van der Waals surface area contributed by atoms with Crippen molar-refractivity contribution >= 4 is 17.5 Å². The normalized spacial score (nSPS) is 10.1. The zero-order valence-corrected chi connectivity index (χ0v) is 16.1. The molecule has 0 bridgehead atoms. The summed E-state index contributed by atoms with van der Waals surface area (Å²) < 4.78 is 10.2. The van der Waals surface area contributed by atoms with Gasteiger partial charge in [-0.25, -0.2) is 0 Å². The first-order valence-electron chi connectivity index (χ1n) is 8.91. The number of anilines is 1. The number of hydrogen-bond donors (Lipinski definition) is 2. The average Bonchev–Trinajstić information content (AvgIpc) is 2.78. The lowest BCUT2D eigenvalue weighted by atomic mass is 10.2. The average molecular weight is 391 g/mol. The van der Waals surface area contributed by atoms with Crippen LogP contribution in [0.5, 0.6) is 11.5 Å². The molecule has 29 heavy (non-hydrogen) atoms. The molecule has 2 amide bonds. The number of methoxy groups -OCH3 is 2. The maximum Gasteiger partial charge on any atom is 0.270 e. The minimum atomic E-state index is -0.361. The number of aromatic nitrogens is 1. The molecule has 0 spiro atoms. The van der Waals surface area contributed by atoms with Gasteiger partial charge in [-0.3, -0.25) is 14.6 Å². The number of ether oxygens (including phenoxy) is 2. The Morgan fingerprint density at radius 2 is 1.48 bits per heavy atom. The fourth-order valence-corrected chi connectivity index (χ4v) is 2.59. The molecule has 0 saturated heterocycles. The molecule has 7 heteroatoms. The number of nitrogens with one attached hydrogen (secondary N) is 2. The number of hydrogen-bond acceptors (Lipinski definition) is 5. The molecule has 0 fully saturated rings.